The highest BCUT2D eigenvalue weighted by molar-refractivity contribution is 7.99. The molecule has 1 aromatic carbocycles. The average molecular weight is 260 g/mol. The van der Waals surface area contributed by atoms with Gasteiger partial charge in [-0.2, -0.15) is 13.2 Å². The Balaban J connectivity index is 2.47. The number of rotatable bonds is 0. The average Bonchev–Trinajstić information content (AvgIpc) is 2.28. The van der Waals surface area contributed by atoms with Crippen molar-refractivity contribution >= 4 is 17.5 Å². The van der Waals surface area contributed by atoms with Crippen molar-refractivity contribution in [1.82, 2.24) is 0 Å². The summed E-state index contributed by atoms with van der Waals surface area (Å²) in [6.45, 7) is 0. The highest BCUT2D eigenvalue weighted by Gasteiger charge is 2.32. The molecule has 0 aliphatic carbocycles. The van der Waals surface area contributed by atoms with E-state index in [0.717, 1.165) is 30.0 Å². The lowest BCUT2D eigenvalue weighted by atomic mass is 10.0. The van der Waals surface area contributed by atoms with E-state index < -0.39 is 17.5 Å². The van der Waals surface area contributed by atoms with Crippen LogP contribution in [0.5, 0.6) is 0 Å². The minimum absolute atomic E-state index is 0.184. The summed E-state index contributed by atoms with van der Waals surface area (Å²) in [7, 11) is 0. The van der Waals surface area contributed by atoms with Gasteiger partial charge in [-0.25, -0.2) is 0 Å². The van der Waals surface area contributed by atoms with Crippen LogP contribution in [0, 0.1) is 0 Å². The number of halogens is 3. The molecule has 0 amide bonds. The molecule has 1 heterocycles. The summed E-state index contributed by atoms with van der Waals surface area (Å²) in [4.78, 5) is 12.0. The molecule has 2 nitrogen and oxygen atoms in total. The first-order chi connectivity index (χ1) is 7.93. The quantitative estimate of drug-likeness (QED) is 0.573. The Morgan fingerprint density at radius 3 is 2.65 bits per heavy atom. The van der Waals surface area contributed by atoms with Crippen LogP contribution in [0.3, 0.4) is 0 Å². The minimum Gasteiger partial charge on any atom is -0.515 e. The Kier molecular flexibility index (Phi) is 2.91. The number of aliphatic hydroxyl groups is 1. The molecule has 17 heavy (non-hydrogen) atoms. The van der Waals surface area contributed by atoms with E-state index in [9.17, 15) is 18.0 Å². The number of thioether (sulfide) groups is 1. The van der Waals surface area contributed by atoms with Gasteiger partial charge in [0.05, 0.1) is 11.8 Å². The predicted molar refractivity (Wildman–Crippen MR) is 57.2 cm³/mol. The number of benzene rings is 1. The molecule has 1 aliphatic rings. The molecule has 0 bridgehead atoms. The molecule has 1 aromatic rings. The summed E-state index contributed by atoms with van der Waals surface area (Å²) < 4.78 is 37.4. The molecule has 6 heteroatoms. The van der Waals surface area contributed by atoms with E-state index in [1.807, 2.05) is 0 Å². The fourth-order valence-electron chi connectivity index (χ4n) is 1.50. The van der Waals surface area contributed by atoms with Crippen molar-refractivity contribution in [3.8, 4) is 0 Å². The van der Waals surface area contributed by atoms with E-state index >= 15 is 0 Å². The SMILES string of the molecule is O=C1/C(=C\O)CSc2cc(C(F)(F)F)ccc21. The number of carbonyl (C=O) groups is 1. The van der Waals surface area contributed by atoms with Crippen molar-refractivity contribution in [3.63, 3.8) is 0 Å². The number of fused-ring (bicyclic) bond motifs is 1. The molecule has 2 rings (SSSR count). The zero-order valence-corrected chi connectivity index (χ0v) is 9.23. The maximum Gasteiger partial charge on any atom is 0.416 e. The lowest BCUT2D eigenvalue weighted by molar-refractivity contribution is -0.137. The van der Waals surface area contributed by atoms with Gasteiger partial charge in [-0.05, 0) is 18.2 Å². The topological polar surface area (TPSA) is 37.3 Å². The lowest BCUT2D eigenvalue weighted by Gasteiger charge is -2.17. The Morgan fingerprint density at radius 1 is 1.35 bits per heavy atom. The molecule has 0 fully saturated rings. The normalized spacial score (nSPS) is 18.3. The molecule has 90 valence electrons. The first-order valence-electron chi connectivity index (χ1n) is 4.65. The summed E-state index contributed by atoms with van der Waals surface area (Å²) in [5.74, 6) is -0.237. The Labute approximate surface area is 99.1 Å². The van der Waals surface area contributed by atoms with Gasteiger partial charge in [-0.15, -0.1) is 11.8 Å². The summed E-state index contributed by atoms with van der Waals surface area (Å²) in [5, 5.41) is 8.79. The van der Waals surface area contributed by atoms with Crippen LogP contribution in [0.15, 0.2) is 34.9 Å². The Bertz CT molecular complexity index is 506. The van der Waals surface area contributed by atoms with Gasteiger partial charge >= 0.3 is 6.18 Å². The van der Waals surface area contributed by atoms with Crippen molar-refractivity contribution in [2.75, 3.05) is 5.75 Å². The second-order valence-electron chi connectivity index (χ2n) is 3.48. The fraction of sp³-hybridized carbons (Fsp3) is 0.182. The number of ketones is 1. The third-order valence-corrected chi connectivity index (χ3v) is 3.49. The smallest absolute Gasteiger partial charge is 0.416 e. The van der Waals surface area contributed by atoms with Crippen molar-refractivity contribution < 1.29 is 23.1 Å². The maximum absolute atomic E-state index is 12.5. The number of alkyl halides is 3. The van der Waals surface area contributed by atoms with E-state index in [0.29, 0.717) is 11.2 Å². The van der Waals surface area contributed by atoms with E-state index in [-0.39, 0.29) is 16.9 Å². The van der Waals surface area contributed by atoms with Crippen molar-refractivity contribution in [2.24, 2.45) is 0 Å². The van der Waals surface area contributed by atoms with E-state index in [1.165, 1.54) is 0 Å². The highest BCUT2D eigenvalue weighted by atomic mass is 32.2. The number of aliphatic hydroxyl groups excluding tert-OH is 1. The van der Waals surface area contributed by atoms with E-state index in [1.54, 1.807) is 0 Å². The number of hydrogen-bond acceptors (Lipinski definition) is 3. The fourth-order valence-corrected chi connectivity index (χ4v) is 2.54. The van der Waals surface area contributed by atoms with Gasteiger partial charge in [0.1, 0.15) is 0 Å². The van der Waals surface area contributed by atoms with Crippen molar-refractivity contribution in [3.05, 3.63) is 41.2 Å². The molecule has 1 aliphatic heterocycles. The second kappa shape index (κ2) is 4.10. The van der Waals surface area contributed by atoms with Gasteiger partial charge in [0.25, 0.3) is 0 Å². The van der Waals surface area contributed by atoms with Crippen LogP contribution in [0.1, 0.15) is 15.9 Å². The van der Waals surface area contributed by atoms with Gasteiger partial charge in [0.2, 0.25) is 0 Å². The summed E-state index contributed by atoms with van der Waals surface area (Å²) in [6, 6.07) is 2.99. The zero-order chi connectivity index (χ0) is 12.6. The van der Waals surface area contributed by atoms with E-state index in [4.69, 9.17) is 5.11 Å². The van der Waals surface area contributed by atoms with Crippen LogP contribution in [-0.4, -0.2) is 16.6 Å². The summed E-state index contributed by atoms with van der Waals surface area (Å²) in [5.41, 5.74) is -0.371. The molecule has 0 unspecified atom stereocenters. The number of carbonyl (C=O) groups excluding carboxylic acids is 1. The molecule has 0 atom stereocenters. The summed E-state index contributed by atoms with van der Waals surface area (Å²) in [6.07, 6.45) is -3.71. The van der Waals surface area contributed by atoms with Crippen molar-refractivity contribution in [1.29, 1.82) is 0 Å². The Hall–Kier alpha value is -1.43. The first kappa shape index (κ1) is 12.0. The van der Waals surface area contributed by atoms with Crippen LogP contribution in [0.2, 0.25) is 0 Å². The minimum atomic E-state index is -4.41. The monoisotopic (exact) mass is 260 g/mol. The van der Waals surface area contributed by atoms with Crippen LogP contribution < -0.4 is 0 Å². The second-order valence-corrected chi connectivity index (χ2v) is 4.50. The standard InChI is InChI=1S/C11H7F3O2S/c12-11(13,14)7-1-2-8-9(3-7)17-5-6(4-15)10(8)16/h1-4,15H,5H2/b6-4-. The zero-order valence-electron chi connectivity index (χ0n) is 8.41. The van der Waals surface area contributed by atoms with Crippen LogP contribution in [0.4, 0.5) is 13.2 Å². The lowest BCUT2D eigenvalue weighted by Crippen LogP contribution is -2.14. The van der Waals surface area contributed by atoms with Crippen LogP contribution >= 0.6 is 11.8 Å². The summed E-state index contributed by atoms with van der Waals surface area (Å²) >= 11 is 1.11. The molecule has 1 N–H and O–H groups in total. The third kappa shape index (κ3) is 2.17. The predicted octanol–water partition coefficient (Wildman–Crippen LogP) is 3.44. The molecule has 0 saturated heterocycles. The van der Waals surface area contributed by atoms with Gasteiger partial charge in [-0.1, -0.05) is 0 Å². The van der Waals surface area contributed by atoms with E-state index in [2.05, 4.69) is 0 Å². The van der Waals surface area contributed by atoms with Gasteiger partial charge in [-0.3, -0.25) is 4.79 Å². The Morgan fingerprint density at radius 2 is 2.06 bits per heavy atom. The van der Waals surface area contributed by atoms with Gasteiger partial charge in [0.15, 0.2) is 5.78 Å². The highest BCUT2D eigenvalue weighted by Crippen LogP contribution is 2.37. The molecule has 0 aromatic heterocycles. The van der Waals surface area contributed by atoms with Crippen LogP contribution in [-0.2, 0) is 6.18 Å². The first-order valence-corrected chi connectivity index (χ1v) is 5.64. The number of hydrogen-bond donors (Lipinski definition) is 1. The van der Waals surface area contributed by atoms with Crippen LogP contribution in [0.25, 0.3) is 0 Å². The number of Topliss-reactive ketones (excluding diaryl/α,β-unsaturated/α-hetero) is 1. The molecule has 0 spiro atoms. The van der Waals surface area contributed by atoms with Crippen molar-refractivity contribution in [2.45, 2.75) is 11.1 Å². The maximum atomic E-state index is 12.5. The molecule has 0 saturated carbocycles. The molecular formula is C11H7F3O2S. The largest absolute Gasteiger partial charge is 0.515 e. The van der Waals surface area contributed by atoms with Gasteiger partial charge in [0, 0.05) is 21.8 Å². The molecular weight excluding hydrogens is 253 g/mol. The molecule has 0 radical (unpaired) electrons. The van der Waals surface area contributed by atoms with Gasteiger partial charge < -0.3 is 5.11 Å². The third-order valence-electron chi connectivity index (χ3n) is 2.38.